The third kappa shape index (κ3) is 4.41. The van der Waals surface area contributed by atoms with E-state index in [0.29, 0.717) is 5.56 Å². The molecule has 0 saturated carbocycles. The van der Waals surface area contributed by atoms with E-state index in [-0.39, 0.29) is 40.7 Å². The second kappa shape index (κ2) is 8.06. The minimum Gasteiger partial charge on any atom is -0.364 e. The lowest BCUT2D eigenvalue weighted by atomic mass is 10.2. The van der Waals surface area contributed by atoms with Crippen LogP contribution in [0, 0.1) is 11.6 Å². The van der Waals surface area contributed by atoms with E-state index in [0.717, 1.165) is 4.68 Å². The van der Waals surface area contributed by atoms with Crippen molar-refractivity contribution in [2.45, 2.75) is 19.3 Å². The van der Waals surface area contributed by atoms with Crippen LogP contribution in [-0.4, -0.2) is 25.0 Å². The van der Waals surface area contributed by atoms with Gasteiger partial charge in [0, 0.05) is 17.1 Å². The molecular weight excluding hydrogens is 443 g/mol. The van der Waals surface area contributed by atoms with E-state index in [9.17, 15) is 22.0 Å². The van der Waals surface area contributed by atoms with E-state index in [2.05, 4.69) is 25.6 Å². The number of aromatic nitrogens is 5. The minimum atomic E-state index is -4.84. The van der Waals surface area contributed by atoms with Crippen molar-refractivity contribution in [3.8, 4) is 0 Å². The molecule has 1 N–H and O–H groups in total. The molecule has 6 nitrogen and oxygen atoms in total. The van der Waals surface area contributed by atoms with Gasteiger partial charge in [-0.2, -0.15) is 13.2 Å². The van der Waals surface area contributed by atoms with Crippen LogP contribution in [-0.2, 0) is 19.3 Å². The van der Waals surface area contributed by atoms with E-state index in [4.69, 9.17) is 11.6 Å². The average molecular weight is 455 g/mol. The lowest BCUT2D eigenvalue weighted by Gasteiger charge is -2.11. The Bertz CT molecular complexity index is 1220. The van der Waals surface area contributed by atoms with Crippen LogP contribution in [0.3, 0.4) is 0 Å². The predicted molar refractivity (Wildman–Crippen MR) is 102 cm³/mol. The summed E-state index contributed by atoms with van der Waals surface area (Å²) >= 11 is 6.01. The highest BCUT2D eigenvalue weighted by Crippen LogP contribution is 2.30. The van der Waals surface area contributed by atoms with Crippen molar-refractivity contribution in [3.05, 3.63) is 76.1 Å². The predicted octanol–water partition coefficient (Wildman–Crippen LogP) is 4.83. The summed E-state index contributed by atoms with van der Waals surface area (Å²) in [5.74, 6) is -2.71. The molecule has 0 aliphatic heterocycles. The largest absolute Gasteiger partial charge is 0.451 e. The van der Waals surface area contributed by atoms with Crippen molar-refractivity contribution in [1.82, 2.24) is 25.0 Å². The van der Waals surface area contributed by atoms with Crippen LogP contribution >= 0.6 is 11.6 Å². The molecule has 0 unspecified atom stereocenters. The fourth-order valence-electron chi connectivity index (χ4n) is 2.83. The second-order valence-electron chi connectivity index (χ2n) is 6.49. The van der Waals surface area contributed by atoms with Crippen LogP contribution in [0.2, 0.25) is 5.02 Å². The van der Waals surface area contributed by atoms with E-state index in [1.165, 1.54) is 42.5 Å². The number of anilines is 1. The molecule has 12 heteroatoms. The molecule has 2 heterocycles. The Kier molecular flexibility index (Phi) is 5.44. The normalized spacial score (nSPS) is 11.8. The molecule has 0 atom stereocenters. The quantitative estimate of drug-likeness (QED) is 0.437. The van der Waals surface area contributed by atoms with Crippen LogP contribution < -0.4 is 5.32 Å². The maximum Gasteiger partial charge on any atom is 0.451 e. The van der Waals surface area contributed by atoms with Crippen LogP contribution in [0.15, 0.2) is 42.5 Å². The average Bonchev–Trinajstić information content (AvgIpc) is 3.12. The topological polar surface area (TPSA) is 68.5 Å². The van der Waals surface area contributed by atoms with Gasteiger partial charge in [-0.3, -0.25) is 0 Å². The summed E-state index contributed by atoms with van der Waals surface area (Å²) in [6, 6.07) is 9.42. The Hall–Kier alpha value is -3.34. The Morgan fingerprint density at radius 3 is 2.42 bits per heavy atom. The second-order valence-corrected chi connectivity index (χ2v) is 6.90. The fourth-order valence-corrected chi connectivity index (χ4v) is 3.06. The number of nitrogens with zero attached hydrogens (tertiary/aromatic N) is 5. The summed E-state index contributed by atoms with van der Waals surface area (Å²) in [4.78, 5) is 7.06. The minimum absolute atomic E-state index is 0.0314. The highest BCUT2D eigenvalue weighted by Gasteiger charge is 2.36. The van der Waals surface area contributed by atoms with Crippen LogP contribution in [0.25, 0.3) is 11.2 Å². The lowest BCUT2D eigenvalue weighted by Crippen LogP contribution is -2.15. The molecule has 0 aliphatic carbocycles. The Labute approximate surface area is 176 Å². The molecule has 0 fully saturated rings. The molecule has 2 aromatic heterocycles. The zero-order valence-corrected chi connectivity index (χ0v) is 16.2. The first-order chi connectivity index (χ1) is 14.7. The molecule has 4 rings (SSSR count). The van der Waals surface area contributed by atoms with Gasteiger partial charge < -0.3 is 5.32 Å². The molecule has 0 spiro atoms. The van der Waals surface area contributed by atoms with E-state index in [1.807, 2.05) is 0 Å². The summed E-state index contributed by atoms with van der Waals surface area (Å²) in [6.45, 7) is -0.233. The number of alkyl halides is 3. The van der Waals surface area contributed by atoms with E-state index >= 15 is 0 Å². The maximum atomic E-state index is 14.1. The number of hydrogen-bond acceptors (Lipinski definition) is 5. The molecule has 0 bridgehead atoms. The van der Waals surface area contributed by atoms with Gasteiger partial charge in [0.2, 0.25) is 5.82 Å². The summed E-state index contributed by atoms with van der Waals surface area (Å²) in [6.07, 6.45) is -4.84. The molecule has 160 valence electrons. The first kappa shape index (κ1) is 20.9. The summed E-state index contributed by atoms with van der Waals surface area (Å²) in [5, 5.41) is 10.5. The van der Waals surface area contributed by atoms with Gasteiger partial charge >= 0.3 is 6.18 Å². The molecule has 0 radical (unpaired) electrons. The van der Waals surface area contributed by atoms with Crippen molar-refractivity contribution in [3.63, 3.8) is 0 Å². The molecule has 31 heavy (non-hydrogen) atoms. The van der Waals surface area contributed by atoms with Crippen molar-refractivity contribution < 1.29 is 22.0 Å². The van der Waals surface area contributed by atoms with Gasteiger partial charge in [0.25, 0.3) is 0 Å². The highest BCUT2D eigenvalue weighted by molar-refractivity contribution is 6.31. The van der Waals surface area contributed by atoms with Gasteiger partial charge in [0.05, 0.1) is 6.54 Å². The number of hydrogen-bond donors (Lipinski definition) is 1. The maximum absolute atomic E-state index is 14.1. The standard InChI is InChI=1S/C19H12ClF5N6/c20-13-2-1-3-14(22)12(13)9-31-17-15(29-30-31)16(27-18(28-17)19(23,24)25)26-8-10-4-6-11(21)7-5-10/h1-7H,8-9H2,(H,26,27,28). The van der Waals surface area contributed by atoms with Gasteiger partial charge in [-0.05, 0) is 29.8 Å². The summed E-state index contributed by atoms with van der Waals surface area (Å²) in [7, 11) is 0. The Morgan fingerprint density at radius 1 is 1.00 bits per heavy atom. The van der Waals surface area contributed by atoms with Crippen LogP contribution in [0.4, 0.5) is 27.8 Å². The first-order valence-corrected chi connectivity index (χ1v) is 9.20. The zero-order chi connectivity index (χ0) is 22.2. The molecule has 4 aromatic rings. The van der Waals surface area contributed by atoms with E-state index in [1.54, 1.807) is 0 Å². The summed E-state index contributed by atoms with van der Waals surface area (Å²) < 4.78 is 68.3. The zero-order valence-electron chi connectivity index (χ0n) is 15.5. The number of nitrogens with one attached hydrogen (secondary N) is 1. The van der Waals surface area contributed by atoms with Crippen molar-refractivity contribution >= 4 is 28.6 Å². The van der Waals surface area contributed by atoms with Crippen molar-refractivity contribution in [2.75, 3.05) is 5.32 Å². The van der Waals surface area contributed by atoms with Crippen LogP contribution in [0.5, 0.6) is 0 Å². The van der Waals surface area contributed by atoms with Crippen molar-refractivity contribution in [1.29, 1.82) is 0 Å². The molecule has 0 amide bonds. The highest BCUT2D eigenvalue weighted by atomic mass is 35.5. The lowest BCUT2D eigenvalue weighted by molar-refractivity contribution is -0.144. The smallest absolute Gasteiger partial charge is 0.364 e. The number of fused-ring (bicyclic) bond motifs is 1. The monoisotopic (exact) mass is 454 g/mol. The molecule has 0 saturated heterocycles. The first-order valence-electron chi connectivity index (χ1n) is 8.82. The molecular formula is C19H12ClF5N6. The van der Waals surface area contributed by atoms with Gasteiger partial charge in [0.1, 0.15) is 11.6 Å². The molecule has 2 aromatic carbocycles. The van der Waals surface area contributed by atoms with Crippen LogP contribution in [0.1, 0.15) is 17.0 Å². The third-order valence-corrected chi connectivity index (χ3v) is 4.71. The SMILES string of the molecule is Fc1ccc(CNc2nc(C(F)(F)F)nc3c2nnn3Cc2c(F)cccc2Cl)cc1. The number of benzene rings is 2. The third-order valence-electron chi connectivity index (χ3n) is 4.36. The van der Waals surface area contributed by atoms with Gasteiger partial charge in [-0.1, -0.05) is 35.0 Å². The summed E-state index contributed by atoms with van der Waals surface area (Å²) in [5.41, 5.74) is 0.349. The van der Waals surface area contributed by atoms with Gasteiger partial charge in [0.15, 0.2) is 17.0 Å². The van der Waals surface area contributed by atoms with Crippen molar-refractivity contribution in [2.24, 2.45) is 0 Å². The number of halogens is 6. The fraction of sp³-hybridized carbons (Fsp3) is 0.158. The van der Waals surface area contributed by atoms with Gasteiger partial charge in [-0.15, -0.1) is 5.10 Å². The Balaban J connectivity index is 1.74. The van der Waals surface area contributed by atoms with E-state index < -0.39 is 23.6 Å². The molecule has 0 aliphatic rings. The Morgan fingerprint density at radius 2 is 1.74 bits per heavy atom. The number of rotatable bonds is 5. The van der Waals surface area contributed by atoms with Gasteiger partial charge in [-0.25, -0.2) is 23.4 Å².